The Balaban J connectivity index is 1.65. The first-order valence-corrected chi connectivity index (χ1v) is 10.5. The molecule has 0 fully saturated rings. The first-order chi connectivity index (χ1) is 14.6. The van der Waals surface area contributed by atoms with Crippen molar-refractivity contribution >= 4 is 5.91 Å². The van der Waals surface area contributed by atoms with Gasteiger partial charge in [-0.3, -0.25) is 4.79 Å². The fourth-order valence-corrected chi connectivity index (χ4v) is 3.76. The zero-order valence-corrected chi connectivity index (χ0v) is 17.3. The van der Waals surface area contributed by atoms with Gasteiger partial charge in [-0.25, -0.2) is 0 Å². The second kappa shape index (κ2) is 10.5. The van der Waals surface area contributed by atoms with E-state index in [9.17, 15) is 15.0 Å². The highest BCUT2D eigenvalue weighted by atomic mass is 16.3. The lowest BCUT2D eigenvalue weighted by Crippen LogP contribution is -2.35. The standard InChI is InChI=1S/C26H29NO3/c1-2-22(17-16-21-14-9-15-24(28)26(21)30)27-25(29)18-23(19-10-5-3-6-11-19)20-12-7-4-8-13-20/h3-15,22-23,28,30H,2,16-18H2,1H3,(H,27,29). The van der Waals surface area contributed by atoms with Crippen LogP contribution in [0.5, 0.6) is 11.5 Å². The van der Waals surface area contributed by atoms with Crippen LogP contribution in [0, 0.1) is 0 Å². The van der Waals surface area contributed by atoms with Crippen LogP contribution in [0.15, 0.2) is 78.9 Å². The van der Waals surface area contributed by atoms with Gasteiger partial charge in [0.2, 0.25) is 5.91 Å². The number of hydrogen-bond acceptors (Lipinski definition) is 3. The second-order valence-electron chi connectivity index (χ2n) is 7.57. The molecule has 0 spiro atoms. The third kappa shape index (κ3) is 5.63. The molecule has 0 bridgehead atoms. The summed E-state index contributed by atoms with van der Waals surface area (Å²) in [5, 5.41) is 22.8. The molecule has 1 unspecified atom stereocenters. The summed E-state index contributed by atoms with van der Waals surface area (Å²) >= 11 is 0. The molecule has 3 aromatic rings. The number of hydrogen-bond donors (Lipinski definition) is 3. The number of aromatic hydroxyl groups is 2. The summed E-state index contributed by atoms with van der Waals surface area (Å²) in [6.07, 6.45) is 2.45. The molecule has 0 aliphatic carbocycles. The first-order valence-electron chi connectivity index (χ1n) is 10.5. The Morgan fingerprint density at radius 2 is 1.47 bits per heavy atom. The molecule has 3 N–H and O–H groups in total. The van der Waals surface area contributed by atoms with E-state index >= 15 is 0 Å². The van der Waals surface area contributed by atoms with Crippen molar-refractivity contribution in [3.8, 4) is 11.5 Å². The van der Waals surface area contributed by atoms with Crippen molar-refractivity contribution in [3.63, 3.8) is 0 Å². The van der Waals surface area contributed by atoms with Crippen molar-refractivity contribution in [3.05, 3.63) is 95.6 Å². The number of aryl methyl sites for hydroxylation is 1. The van der Waals surface area contributed by atoms with Crippen molar-refractivity contribution in [1.29, 1.82) is 0 Å². The summed E-state index contributed by atoms with van der Waals surface area (Å²) in [5.41, 5.74) is 2.93. The van der Waals surface area contributed by atoms with E-state index in [1.165, 1.54) is 6.07 Å². The predicted octanol–water partition coefficient (Wildman–Crippen LogP) is 5.15. The number of phenols is 2. The van der Waals surface area contributed by atoms with Gasteiger partial charge in [-0.15, -0.1) is 0 Å². The fourth-order valence-electron chi connectivity index (χ4n) is 3.76. The van der Waals surface area contributed by atoms with Crippen LogP contribution in [0.1, 0.15) is 48.8 Å². The van der Waals surface area contributed by atoms with Gasteiger partial charge in [0.15, 0.2) is 11.5 Å². The average Bonchev–Trinajstić information content (AvgIpc) is 2.78. The Labute approximate surface area is 178 Å². The first kappa shape index (κ1) is 21.4. The van der Waals surface area contributed by atoms with E-state index in [0.29, 0.717) is 24.8 Å². The topological polar surface area (TPSA) is 69.6 Å². The van der Waals surface area contributed by atoms with Gasteiger partial charge >= 0.3 is 0 Å². The molecule has 3 rings (SSSR count). The third-order valence-electron chi connectivity index (χ3n) is 5.51. The normalized spacial score (nSPS) is 11.9. The summed E-state index contributed by atoms with van der Waals surface area (Å²) in [5.74, 6) is -0.176. The molecule has 0 aromatic heterocycles. The van der Waals surface area contributed by atoms with Crippen LogP contribution >= 0.6 is 0 Å². The van der Waals surface area contributed by atoms with Crippen LogP contribution in [0.3, 0.4) is 0 Å². The maximum Gasteiger partial charge on any atom is 0.221 e. The Morgan fingerprint density at radius 1 is 0.867 bits per heavy atom. The number of phenolic OH excluding ortho intramolecular Hbond substituents is 2. The van der Waals surface area contributed by atoms with Crippen LogP contribution in [-0.4, -0.2) is 22.2 Å². The van der Waals surface area contributed by atoms with E-state index < -0.39 is 0 Å². The molecule has 0 aliphatic heterocycles. The van der Waals surface area contributed by atoms with Crippen molar-refractivity contribution in [2.24, 2.45) is 0 Å². The van der Waals surface area contributed by atoms with Gasteiger partial charge in [0.1, 0.15) is 0 Å². The molecule has 0 heterocycles. The summed E-state index contributed by atoms with van der Waals surface area (Å²) in [6.45, 7) is 2.04. The quantitative estimate of drug-likeness (QED) is 0.433. The summed E-state index contributed by atoms with van der Waals surface area (Å²) in [6, 6.07) is 25.2. The molecule has 1 amide bonds. The Bertz CT molecular complexity index is 902. The number of rotatable bonds is 9. The molecule has 30 heavy (non-hydrogen) atoms. The highest BCUT2D eigenvalue weighted by Gasteiger charge is 2.20. The number of para-hydroxylation sites is 1. The van der Waals surface area contributed by atoms with Crippen LogP contribution in [0.25, 0.3) is 0 Å². The minimum absolute atomic E-state index is 0.0000195. The third-order valence-corrected chi connectivity index (χ3v) is 5.51. The van der Waals surface area contributed by atoms with E-state index in [1.54, 1.807) is 12.1 Å². The van der Waals surface area contributed by atoms with Gasteiger partial charge in [0, 0.05) is 18.4 Å². The van der Waals surface area contributed by atoms with Crippen molar-refractivity contribution < 1.29 is 15.0 Å². The van der Waals surface area contributed by atoms with Crippen LogP contribution in [0.4, 0.5) is 0 Å². The summed E-state index contributed by atoms with van der Waals surface area (Å²) in [7, 11) is 0. The number of nitrogens with one attached hydrogen (secondary N) is 1. The van der Waals surface area contributed by atoms with E-state index in [-0.39, 0.29) is 29.4 Å². The van der Waals surface area contributed by atoms with E-state index in [0.717, 1.165) is 17.5 Å². The molecule has 0 radical (unpaired) electrons. The molecule has 4 nitrogen and oxygen atoms in total. The lowest BCUT2D eigenvalue weighted by Gasteiger charge is -2.21. The largest absolute Gasteiger partial charge is 0.504 e. The Morgan fingerprint density at radius 3 is 2.03 bits per heavy atom. The molecular weight excluding hydrogens is 374 g/mol. The molecule has 0 saturated heterocycles. The zero-order chi connectivity index (χ0) is 21.3. The monoisotopic (exact) mass is 403 g/mol. The van der Waals surface area contributed by atoms with Crippen molar-refractivity contribution in [2.45, 2.75) is 44.6 Å². The van der Waals surface area contributed by atoms with Gasteiger partial charge in [0.05, 0.1) is 0 Å². The molecule has 156 valence electrons. The Kier molecular flexibility index (Phi) is 7.50. The van der Waals surface area contributed by atoms with Gasteiger partial charge in [-0.05, 0) is 42.0 Å². The van der Waals surface area contributed by atoms with Crippen LogP contribution in [0.2, 0.25) is 0 Å². The maximum atomic E-state index is 12.9. The van der Waals surface area contributed by atoms with Crippen LogP contribution < -0.4 is 5.32 Å². The zero-order valence-electron chi connectivity index (χ0n) is 17.3. The van der Waals surface area contributed by atoms with Crippen LogP contribution in [-0.2, 0) is 11.2 Å². The number of carbonyl (C=O) groups is 1. The van der Waals surface area contributed by atoms with Gasteiger partial charge < -0.3 is 15.5 Å². The molecule has 3 aromatic carbocycles. The molecule has 4 heteroatoms. The fraction of sp³-hybridized carbons (Fsp3) is 0.269. The average molecular weight is 404 g/mol. The number of amides is 1. The lowest BCUT2D eigenvalue weighted by molar-refractivity contribution is -0.122. The Hall–Kier alpha value is -3.27. The van der Waals surface area contributed by atoms with Gasteiger partial charge in [0.25, 0.3) is 0 Å². The molecule has 0 saturated carbocycles. The summed E-state index contributed by atoms with van der Waals surface area (Å²) < 4.78 is 0. The second-order valence-corrected chi connectivity index (χ2v) is 7.57. The van der Waals surface area contributed by atoms with Crippen molar-refractivity contribution in [2.75, 3.05) is 0 Å². The maximum absolute atomic E-state index is 12.9. The highest BCUT2D eigenvalue weighted by molar-refractivity contribution is 5.78. The number of benzene rings is 3. The number of carbonyl (C=O) groups excluding carboxylic acids is 1. The van der Waals surface area contributed by atoms with E-state index in [1.807, 2.05) is 43.3 Å². The van der Waals surface area contributed by atoms with E-state index in [2.05, 4.69) is 29.6 Å². The molecular formula is C26H29NO3. The molecule has 0 aliphatic rings. The minimum atomic E-state index is -0.113. The van der Waals surface area contributed by atoms with E-state index in [4.69, 9.17) is 0 Å². The highest BCUT2D eigenvalue weighted by Crippen LogP contribution is 2.30. The minimum Gasteiger partial charge on any atom is -0.504 e. The predicted molar refractivity (Wildman–Crippen MR) is 120 cm³/mol. The lowest BCUT2D eigenvalue weighted by atomic mass is 9.88. The van der Waals surface area contributed by atoms with Crippen molar-refractivity contribution in [1.82, 2.24) is 5.32 Å². The SMILES string of the molecule is CCC(CCc1cccc(O)c1O)NC(=O)CC(c1ccccc1)c1ccccc1. The summed E-state index contributed by atoms with van der Waals surface area (Å²) in [4.78, 5) is 12.9. The van der Waals surface area contributed by atoms with Gasteiger partial charge in [-0.2, -0.15) is 0 Å². The smallest absolute Gasteiger partial charge is 0.221 e. The van der Waals surface area contributed by atoms with Gasteiger partial charge in [-0.1, -0.05) is 79.7 Å². The molecule has 1 atom stereocenters.